The Labute approximate surface area is 63.1 Å². The Morgan fingerprint density at radius 3 is 3.10 bits per heavy atom. The van der Waals surface area contributed by atoms with Crippen molar-refractivity contribution in [1.29, 1.82) is 0 Å². The fourth-order valence-electron chi connectivity index (χ4n) is 1.34. The lowest BCUT2D eigenvalue weighted by Crippen LogP contribution is -2.17. The molecule has 1 aliphatic rings. The van der Waals surface area contributed by atoms with Crippen LogP contribution in [0.5, 0.6) is 0 Å². The Hall–Kier alpha value is -0.300. The van der Waals surface area contributed by atoms with Gasteiger partial charge >= 0.3 is 0 Å². The molecule has 0 aromatic heterocycles. The zero-order valence-corrected chi connectivity index (χ0v) is 6.89. The normalized spacial score (nSPS) is 26.2. The summed E-state index contributed by atoms with van der Waals surface area (Å²) in [5.41, 5.74) is 1.49. The molecular weight excluding hydrogens is 124 g/mol. The minimum Gasteiger partial charge on any atom is -0.374 e. The Kier molecular flexibility index (Phi) is 2.94. The van der Waals surface area contributed by atoms with Crippen LogP contribution in [0.25, 0.3) is 0 Å². The van der Waals surface area contributed by atoms with Crippen molar-refractivity contribution >= 4 is 0 Å². The molecule has 10 heavy (non-hydrogen) atoms. The Balaban J connectivity index is 2.30. The van der Waals surface area contributed by atoms with Crippen molar-refractivity contribution in [3.05, 3.63) is 11.6 Å². The van der Waals surface area contributed by atoms with Crippen LogP contribution in [0, 0.1) is 0 Å². The lowest BCUT2D eigenvalue weighted by Gasteiger charge is -2.20. The molecule has 0 N–H and O–H groups in total. The number of ether oxygens (including phenoxy) is 1. The largest absolute Gasteiger partial charge is 0.374 e. The monoisotopic (exact) mass is 140 g/mol. The van der Waals surface area contributed by atoms with Gasteiger partial charge < -0.3 is 4.74 Å². The Bertz CT molecular complexity index is 127. The maximum absolute atomic E-state index is 5.51. The molecule has 0 aliphatic carbocycles. The van der Waals surface area contributed by atoms with Gasteiger partial charge in [0.2, 0.25) is 0 Å². The average molecular weight is 140 g/mol. The topological polar surface area (TPSA) is 9.23 Å². The molecule has 0 bridgehead atoms. The molecule has 0 amide bonds. The third-order valence-electron chi connectivity index (χ3n) is 1.92. The smallest absolute Gasteiger partial charge is 0.0653 e. The standard InChI is InChI=1S/C9H16O/c1-3-4-9-7-8(2)5-6-10-9/h5,9H,3-4,6-7H2,1-2H3/t9-/m1/s1. The van der Waals surface area contributed by atoms with E-state index < -0.39 is 0 Å². The lowest BCUT2D eigenvalue weighted by molar-refractivity contribution is 0.0578. The highest BCUT2D eigenvalue weighted by atomic mass is 16.5. The highest BCUT2D eigenvalue weighted by Gasteiger charge is 2.11. The Morgan fingerprint density at radius 2 is 2.50 bits per heavy atom. The van der Waals surface area contributed by atoms with Gasteiger partial charge in [-0.3, -0.25) is 0 Å². The molecule has 0 unspecified atom stereocenters. The predicted molar refractivity (Wildman–Crippen MR) is 43.0 cm³/mol. The van der Waals surface area contributed by atoms with Gasteiger partial charge in [0, 0.05) is 0 Å². The van der Waals surface area contributed by atoms with E-state index in [0.717, 1.165) is 13.0 Å². The molecule has 0 aromatic rings. The molecule has 1 aliphatic heterocycles. The van der Waals surface area contributed by atoms with Crippen molar-refractivity contribution in [2.45, 2.75) is 39.2 Å². The van der Waals surface area contributed by atoms with Gasteiger partial charge in [-0.25, -0.2) is 0 Å². The van der Waals surface area contributed by atoms with Crippen molar-refractivity contribution in [2.75, 3.05) is 6.61 Å². The summed E-state index contributed by atoms with van der Waals surface area (Å²) in [5.74, 6) is 0. The number of rotatable bonds is 2. The third-order valence-corrected chi connectivity index (χ3v) is 1.92. The van der Waals surface area contributed by atoms with E-state index in [1.165, 1.54) is 18.4 Å². The van der Waals surface area contributed by atoms with Gasteiger partial charge in [-0.2, -0.15) is 0 Å². The van der Waals surface area contributed by atoms with E-state index in [1.807, 2.05) is 0 Å². The summed E-state index contributed by atoms with van der Waals surface area (Å²) in [6.45, 7) is 5.22. The predicted octanol–water partition coefficient (Wildman–Crippen LogP) is 2.52. The van der Waals surface area contributed by atoms with E-state index in [9.17, 15) is 0 Å². The minimum atomic E-state index is 0.509. The average Bonchev–Trinajstić information content (AvgIpc) is 1.88. The molecule has 0 aromatic carbocycles. The van der Waals surface area contributed by atoms with Gasteiger partial charge in [0.25, 0.3) is 0 Å². The molecule has 1 heteroatoms. The van der Waals surface area contributed by atoms with Crippen LogP contribution in [0.1, 0.15) is 33.1 Å². The summed E-state index contributed by atoms with van der Waals surface area (Å²) in [5, 5.41) is 0. The van der Waals surface area contributed by atoms with Gasteiger partial charge in [-0.1, -0.05) is 25.0 Å². The van der Waals surface area contributed by atoms with Gasteiger partial charge in [0.1, 0.15) is 0 Å². The molecule has 0 saturated carbocycles. The van der Waals surface area contributed by atoms with Crippen molar-refractivity contribution in [3.63, 3.8) is 0 Å². The lowest BCUT2D eigenvalue weighted by atomic mass is 10.0. The first-order chi connectivity index (χ1) is 4.83. The van der Waals surface area contributed by atoms with Gasteiger partial charge in [0.15, 0.2) is 0 Å². The summed E-state index contributed by atoms with van der Waals surface area (Å²) in [6.07, 6.45) is 6.28. The van der Waals surface area contributed by atoms with Gasteiger partial charge in [-0.15, -0.1) is 0 Å². The van der Waals surface area contributed by atoms with Crippen molar-refractivity contribution < 1.29 is 4.74 Å². The van der Waals surface area contributed by atoms with E-state index >= 15 is 0 Å². The van der Waals surface area contributed by atoms with Crippen LogP contribution in [0.3, 0.4) is 0 Å². The second-order valence-electron chi connectivity index (χ2n) is 3.00. The first-order valence-electron chi connectivity index (χ1n) is 4.10. The SMILES string of the molecule is CCC[C@@H]1CC(C)=CCO1. The van der Waals surface area contributed by atoms with Gasteiger partial charge in [0.05, 0.1) is 12.7 Å². The van der Waals surface area contributed by atoms with Crippen LogP contribution in [0.2, 0.25) is 0 Å². The van der Waals surface area contributed by atoms with Crippen molar-refractivity contribution in [2.24, 2.45) is 0 Å². The van der Waals surface area contributed by atoms with Crippen LogP contribution < -0.4 is 0 Å². The summed E-state index contributed by atoms with van der Waals surface area (Å²) < 4.78 is 5.51. The van der Waals surface area contributed by atoms with E-state index in [0.29, 0.717) is 6.10 Å². The molecule has 1 rings (SSSR count). The second-order valence-corrected chi connectivity index (χ2v) is 3.00. The minimum absolute atomic E-state index is 0.509. The highest BCUT2D eigenvalue weighted by molar-refractivity contribution is 5.02. The maximum atomic E-state index is 5.51. The van der Waals surface area contributed by atoms with E-state index in [1.54, 1.807) is 0 Å². The molecular formula is C9H16O. The first-order valence-corrected chi connectivity index (χ1v) is 4.10. The zero-order chi connectivity index (χ0) is 7.40. The zero-order valence-electron chi connectivity index (χ0n) is 6.89. The summed E-state index contributed by atoms with van der Waals surface area (Å²) in [7, 11) is 0. The van der Waals surface area contributed by atoms with E-state index in [2.05, 4.69) is 19.9 Å². The molecule has 1 nitrogen and oxygen atoms in total. The Morgan fingerprint density at radius 1 is 1.70 bits per heavy atom. The molecule has 0 fully saturated rings. The van der Waals surface area contributed by atoms with Crippen molar-refractivity contribution in [1.82, 2.24) is 0 Å². The molecule has 0 spiro atoms. The summed E-state index contributed by atoms with van der Waals surface area (Å²) in [4.78, 5) is 0. The van der Waals surface area contributed by atoms with E-state index in [4.69, 9.17) is 4.74 Å². The van der Waals surface area contributed by atoms with Crippen LogP contribution >= 0.6 is 0 Å². The van der Waals surface area contributed by atoms with Crippen LogP contribution in [-0.2, 0) is 4.74 Å². The molecule has 0 radical (unpaired) electrons. The molecule has 1 atom stereocenters. The second kappa shape index (κ2) is 3.77. The fraction of sp³-hybridized carbons (Fsp3) is 0.778. The van der Waals surface area contributed by atoms with Crippen LogP contribution in [0.4, 0.5) is 0 Å². The highest BCUT2D eigenvalue weighted by Crippen LogP contribution is 2.17. The first kappa shape index (κ1) is 7.80. The molecule has 1 heterocycles. The van der Waals surface area contributed by atoms with Crippen LogP contribution in [0.15, 0.2) is 11.6 Å². The number of hydrogen-bond donors (Lipinski definition) is 0. The molecule has 58 valence electrons. The maximum Gasteiger partial charge on any atom is 0.0653 e. The summed E-state index contributed by atoms with van der Waals surface area (Å²) >= 11 is 0. The quantitative estimate of drug-likeness (QED) is 0.535. The number of hydrogen-bond acceptors (Lipinski definition) is 1. The fourth-order valence-corrected chi connectivity index (χ4v) is 1.34. The van der Waals surface area contributed by atoms with Crippen LogP contribution in [-0.4, -0.2) is 12.7 Å². The third kappa shape index (κ3) is 2.14. The molecule has 0 saturated heterocycles. The van der Waals surface area contributed by atoms with E-state index in [-0.39, 0.29) is 0 Å². The summed E-state index contributed by atoms with van der Waals surface area (Å²) in [6, 6.07) is 0. The van der Waals surface area contributed by atoms with Gasteiger partial charge in [-0.05, 0) is 19.8 Å². The van der Waals surface area contributed by atoms with Crippen molar-refractivity contribution in [3.8, 4) is 0 Å².